The largest absolute Gasteiger partial charge is 0.486 e. The van der Waals surface area contributed by atoms with Crippen LogP contribution in [0.5, 0.6) is 11.5 Å². The molecular weight excluding hydrogens is 385 g/mol. The van der Waals surface area contributed by atoms with Gasteiger partial charge in [-0.15, -0.1) is 0 Å². The van der Waals surface area contributed by atoms with Crippen molar-refractivity contribution in [3.8, 4) is 11.5 Å². The summed E-state index contributed by atoms with van der Waals surface area (Å²) in [6.45, 7) is 4.72. The number of hydrogen-bond acceptors (Lipinski definition) is 5. The van der Waals surface area contributed by atoms with Crippen molar-refractivity contribution in [1.29, 1.82) is 0 Å². The molecule has 0 spiro atoms. The summed E-state index contributed by atoms with van der Waals surface area (Å²) in [6, 6.07) is 8.03. The van der Waals surface area contributed by atoms with Gasteiger partial charge in [-0.1, -0.05) is 26.0 Å². The van der Waals surface area contributed by atoms with Gasteiger partial charge < -0.3 is 9.47 Å². The Morgan fingerprint density at radius 1 is 1.20 bits per heavy atom. The number of ketones is 2. The van der Waals surface area contributed by atoms with Crippen LogP contribution in [0.3, 0.4) is 0 Å². The van der Waals surface area contributed by atoms with Gasteiger partial charge >= 0.3 is 0 Å². The monoisotopic (exact) mass is 409 g/mol. The molecule has 0 saturated heterocycles. The van der Waals surface area contributed by atoms with E-state index in [4.69, 9.17) is 9.47 Å². The highest BCUT2D eigenvalue weighted by atomic mass is 19.1. The minimum atomic E-state index is -0.554. The number of aliphatic imine (C=N–C) groups is 1. The molecule has 156 valence electrons. The Bertz CT molecular complexity index is 1060. The maximum atomic E-state index is 14.2. The third-order valence-electron chi connectivity index (χ3n) is 5.48. The van der Waals surface area contributed by atoms with Crippen molar-refractivity contribution in [3.05, 3.63) is 58.4 Å². The molecule has 1 atom stereocenters. The van der Waals surface area contributed by atoms with Crippen LogP contribution in [0.4, 0.5) is 4.39 Å². The van der Waals surface area contributed by atoms with Crippen LogP contribution in [0.25, 0.3) is 0 Å². The van der Waals surface area contributed by atoms with E-state index in [2.05, 4.69) is 4.99 Å². The maximum Gasteiger partial charge on any atom is 0.189 e. The van der Waals surface area contributed by atoms with Crippen molar-refractivity contribution < 1.29 is 23.5 Å². The first-order chi connectivity index (χ1) is 14.4. The Balaban J connectivity index is 1.75. The molecule has 1 heterocycles. The number of carbonyl (C=O) groups is 2. The first kappa shape index (κ1) is 20.3. The van der Waals surface area contributed by atoms with Crippen LogP contribution in [0.2, 0.25) is 0 Å². The first-order valence-corrected chi connectivity index (χ1v) is 10.2. The van der Waals surface area contributed by atoms with Crippen LogP contribution in [0, 0.1) is 11.7 Å². The summed E-state index contributed by atoms with van der Waals surface area (Å²) in [5, 5.41) is 0. The Morgan fingerprint density at radius 2 is 1.97 bits per heavy atom. The number of fused-ring (bicyclic) bond motifs is 2. The summed E-state index contributed by atoms with van der Waals surface area (Å²) in [5.74, 6) is -0.00598. The number of nitrogens with zero attached hydrogens (tertiary/aromatic N) is 1. The molecule has 2 aromatic carbocycles. The highest BCUT2D eigenvalue weighted by molar-refractivity contribution is 6.51. The van der Waals surface area contributed by atoms with E-state index in [1.165, 1.54) is 12.1 Å². The van der Waals surface area contributed by atoms with E-state index in [1.807, 2.05) is 13.8 Å². The van der Waals surface area contributed by atoms with E-state index in [-0.39, 0.29) is 23.9 Å². The van der Waals surface area contributed by atoms with E-state index in [0.29, 0.717) is 48.0 Å². The molecule has 0 bridgehead atoms. The Kier molecular flexibility index (Phi) is 5.41. The molecule has 0 saturated carbocycles. The predicted octanol–water partition coefficient (Wildman–Crippen LogP) is 4.15. The van der Waals surface area contributed by atoms with Crippen molar-refractivity contribution in [3.63, 3.8) is 0 Å². The fourth-order valence-electron chi connectivity index (χ4n) is 4.16. The van der Waals surface area contributed by atoms with E-state index >= 15 is 0 Å². The van der Waals surface area contributed by atoms with Crippen LogP contribution < -0.4 is 9.47 Å². The van der Waals surface area contributed by atoms with Crippen LogP contribution in [0.15, 0.2) is 35.3 Å². The molecule has 2 aromatic rings. The van der Waals surface area contributed by atoms with Gasteiger partial charge in [0.05, 0.1) is 5.92 Å². The summed E-state index contributed by atoms with van der Waals surface area (Å²) in [4.78, 5) is 29.9. The van der Waals surface area contributed by atoms with Crippen LogP contribution >= 0.6 is 0 Å². The van der Waals surface area contributed by atoms with Crippen molar-refractivity contribution in [1.82, 2.24) is 0 Å². The second-order valence-electron chi connectivity index (χ2n) is 8.11. The molecule has 0 N–H and O–H groups in total. The zero-order valence-electron chi connectivity index (χ0n) is 17.3. The lowest BCUT2D eigenvalue weighted by molar-refractivity contribution is -0.113. The van der Waals surface area contributed by atoms with Gasteiger partial charge in [-0.3, -0.25) is 14.6 Å². The second-order valence-corrected chi connectivity index (χ2v) is 8.11. The van der Waals surface area contributed by atoms with Crippen molar-refractivity contribution in [2.45, 2.75) is 32.6 Å². The van der Waals surface area contributed by atoms with E-state index in [1.54, 1.807) is 25.2 Å². The molecule has 0 radical (unpaired) electrons. The third-order valence-corrected chi connectivity index (χ3v) is 5.48. The molecule has 4 rings (SSSR count). The minimum Gasteiger partial charge on any atom is -0.486 e. The van der Waals surface area contributed by atoms with Gasteiger partial charge in [-0.25, -0.2) is 4.39 Å². The van der Waals surface area contributed by atoms with Crippen molar-refractivity contribution in [2.24, 2.45) is 10.9 Å². The third kappa shape index (κ3) is 3.62. The van der Waals surface area contributed by atoms with Gasteiger partial charge in [-0.05, 0) is 30.0 Å². The second kappa shape index (κ2) is 8.01. The number of ether oxygens (including phenoxy) is 2. The number of rotatable bonds is 5. The SMILES string of the molecule is CN=C1C(=O)C(Cc2cc(F)cc3c2OCCO3)c2cc(C(=O)CC(C)C)ccc21. The summed E-state index contributed by atoms with van der Waals surface area (Å²) in [6.07, 6.45) is 0.685. The highest BCUT2D eigenvalue weighted by Crippen LogP contribution is 2.40. The van der Waals surface area contributed by atoms with E-state index in [9.17, 15) is 14.0 Å². The van der Waals surface area contributed by atoms with Gasteiger partial charge in [0.1, 0.15) is 24.7 Å². The molecule has 0 aromatic heterocycles. The summed E-state index contributed by atoms with van der Waals surface area (Å²) < 4.78 is 25.4. The predicted molar refractivity (Wildman–Crippen MR) is 112 cm³/mol. The lowest BCUT2D eigenvalue weighted by Gasteiger charge is -2.22. The van der Waals surface area contributed by atoms with Crippen molar-refractivity contribution >= 4 is 17.3 Å². The Morgan fingerprint density at radius 3 is 2.70 bits per heavy atom. The topological polar surface area (TPSA) is 65.0 Å². The molecule has 1 unspecified atom stereocenters. The Labute approximate surface area is 174 Å². The fraction of sp³-hybridized carbons (Fsp3) is 0.375. The smallest absolute Gasteiger partial charge is 0.189 e. The van der Waals surface area contributed by atoms with Gasteiger partial charge in [-0.2, -0.15) is 0 Å². The molecule has 1 aliphatic carbocycles. The van der Waals surface area contributed by atoms with Gasteiger partial charge in [0.2, 0.25) is 0 Å². The van der Waals surface area contributed by atoms with E-state index < -0.39 is 11.7 Å². The first-order valence-electron chi connectivity index (χ1n) is 10.2. The zero-order valence-corrected chi connectivity index (χ0v) is 17.3. The minimum absolute atomic E-state index is 0.0424. The molecule has 5 nitrogen and oxygen atoms in total. The normalized spacial score (nSPS) is 18.8. The lowest BCUT2D eigenvalue weighted by atomic mass is 9.90. The zero-order chi connectivity index (χ0) is 21.4. The van der Waals surface area contributed by atoms with Crippen LogP contribution in [0.1, 0.15) is 53.2 Å². The van der Waals surface area contributed by atoms with Gasteiger partial charge in [0.25, 0.3) is 0 Å². The number of benzene rings is 2. The lowest BCUT2D eigenvalue weighted by Crippen LogP contribution is -2.19. The average Bonchev–Trinajstić information content (AvgIpc) is 2.97. The molecule has 1 aliphatic heterocycles. The molecule has 30 heavy (non-hydrogen) atoms. The number of halogens is 1. The molecule has 6 heteroatoms. The summed E-state index contributed by atoms with van der Waals surface area (Å²) in [5.41, 5.74) is 3.03. The standard InChI is InChI=1S/C24H24FNO4/c1-13(2)8-20(27)14-4-5-17-18(10-14)19(23(28)22(17)26-3)11-15-9-16(25)12-21-24(15)30-7-6-29-21/h4-5,9-10,12-13,19H,6-8,11H2,1-3H3. The van der Waals surface area contributed by atoms with Gasteiger partial charge in [0, 0.05) is 36.2 Å². The van der Waals surface area contributed by atoms with E-state index in [0.717, 1.165) is 11.1 Å². The highest BCUT2D eigenvalue weighted by Gasteiger charge is 2.37. The fourth-order valence-corrected chi connectivity index (χ4v) is 4.16. The molecule has 0 fully saturated rings. The summed E-state index contributed by atoms with van der Waals surface area (Å²) in [7, 11) is 1.58. The van der Waals surface area contributed by atoms with Crippen LogP contribution in [-0.2, 0) is 11.2 Å². The molecule has 2 aliphatic rings. The molecular formula is C24H24FNO4. The Hall–Kier alpha value is -3.02. The van der Waals surface area contributed by atoms with Gasteiger partial charge in [0.15, 0.2) is 23.1 Å². The summed E-state index contributed by atoms with van der Waals surface area (Å²) >= 11 is 0. The number of hydrogen-bond donors (Lipinski definition) is 0. The quantitative estimate of drug-likeness (QED) is 0.696. The molecule has 0 amide bonds. The van der Waals surface area contributed by atoms with Crippen LogP contribution in [-0.4, -0.2) is 37.5 Å². The average molecular weight is 409 g/mol. The van der Waals surface area contributed by atoms with Crippen molar-refractivity contribution in [2.75, 3.05) is 20.3 Å². The number of Topliss-reactive ketones (excluding diaryl/α,β-unsaturated/α-hetero) is 2. The maximum absolute atomic E-state index is 14.2. The number of carbonyl (C=O) groups excluding carboxylic acids is 2.